The minimum Gasteiger partial charge on any atom is -0.376 e. The van der Waals surface area contributed by atoms with Crippen molar-refractivity contribution in [1.82, 2.24) is 4.90 Å². The van der Waals surface area contributed by atoms with E-state index < -0.39 is 18.4 Å². The smallest absolute Gasteiger partial charge is 0.315 e. The maximum Gasteiger partial charge on any atom is 0.315 e. The summed E-state index contributed by atoms with van der Waals surface area (Å²) >= 11 is 0. The van der Waals surface area contributed by atoms with Crippen LogP contribution in [0.5, 0.6) is 0 Å². The highest BCUT2D eigenvalue weighted by Crippen LogP contribution is 2.34. The summed E-state index contributed by atoms with van der Waals surface area (Å²) in [5.41, 5.74) is 7.47. The molecule has 1 aliphatic carbocycles. The summed E-state index contributed by atoms with van der Waals surface area (Å²) in [4.78, 5) is 13.0. The first kappa shape index (κ1) is 19.2. The van der Waals surface area contributed by atoms with Gasteiger partial charge in [0.15, 0.2) is 0 Å². The highest BCUT2D eigenvalue weighted by Gasteiger charge is 2.36. The lowest BCUT2D eigenvalue weighted by atomic mass is 9.83. The van der Waals surface area contributed by atoms with Gasteiger partial charge in [-0.05, 0) is 50.0 Å². The topological polar surface area (TPSA) is 55.6 Å². The minimum atomic E-state index is -2.98. The second kappa shape index (κ2) is 8.91. The largest absolute Gasteiger partial charge is 0.376 e. The van der Waals surface area contributed by atoms with Crippen molar-refractivity contribution < 1.29 is 18.3 Å². The lowest BCUT2D eigenvalue weighted by Crippen LogP contribution is -2.58. The van der Waals surface area contributed by atoms with Crippen molar-refractivity contribution in [1.29, 1.82) is 0 Å². The fraction of sp³-hybridized carbons (Fsp3) is 0.650. The number of piperidine rings is 1. The maximum atomic E-state index is 12.8. The molecular formula is C20H28F2N2O2. The normalized spacial score (nSPS) is 29.8. The van der Waals surface area contributed by atoms with Crippen LogP contribution in [0.3, 0.4) is 0 Å². The summed E-state index contributed by atoms with van der Waals surface area (Å²) in [6.45, 7) is 0.589. The van der Waals surface area contributed by atoms with Crippen LogP contribution in [-0.2, 0) is 9.53 Å². The van der Waals surface area contributed by atoms with Crippen LogP contribution in [0.25, 0.3) is 0 Å². The molecule has 2 N–H and O–H groups in total. The number of nitrogens with two attached hydrogens (primary N) is 1. The van der Waals surface area contributed by atoms with E-state index in [2.05, 4.69) is 24.3 Å². The third-order valence-corrected chi connectivity index (χ3v) is 5.75. The lowest BCUT2D eigenvalue weighted by molar-refractivity contribution is -0.150. The number of ether oxygens (including phenoxy) is 1. The molecule has 0 radical (unpaired) electrons. The van der Waals surface area contributed by atoms with Gasteiger partial charge in [0.05, 0.1) is 18.8 Å². The van der Waals surface area contributed by atoms with Crippen molar-refractivity contribution in [2.24, 2.45) is 5.73 Å². The van der Waals surface area contributed by atoms with Crippen LogP contribution in [0.15, 0.2) is 30.3 Å². The molecule has 1 aromatic carbocycles. The number of amides is 1. The molecule has 1 aromatic rings. The van der Waals surface area contributed by atoms with Gasteiger partial charge in [0.25, 0.3) is 5.91 Å². The Balaban J connectivity index is 1.51. The monoisotopic (exact) mass is 366 g/mol. The molecular weight excluding hydrogens is 338 g/mol. The molecule has 6 heteroatoms. The second-order valence-corrected chi connectivity index (χ2v) is 7.42. The molecule has 2 aliphatic rings. The fourth-order valence-electron chi connectivity index (χ4n) is 4.22. The molecule has 4 nitrogen and oxygen atoms in total. The van der Waals surface area contributed by atoms with Crippen LogP contribution in [0.2, 0.25) is 0 Å². The molecule has 1 saturated heterocycles. The predicted octanol–water partition coefficient (Wildman–Crippen LogP) is 3.31. The van der Waals surface area contributed by atoms with Crippen LogP contribution in [0.4, 0.5) is 8.78 Å². The lowest BCUT2D eigenvalue weighted by Gasteiger charge is -2.40. The van der Waals surface area contributed by atoms with Crippen LogP contribution >= 0.6 is 0 Å². The number of halogens is 2. The fourth-order valence-corrected chi connectivity index (χ4v) is 4.22. The number of alkyl halides is 2. The molecule has 2 atom stereocenters. The molecule has 1 saturated carbocycles. The maximum absolute atomic E-state index is 12.8. The molecule has 1 aliphatic heterocycles. The minimum absolute atomic E-state index is 0.118. The van der Waals surface area contributed by atoms with Crippen LogP contribution in [-0.4, -0.2) is 48.6 Å². The van der Waals surface area contributed by atoms with E-state index in [-0.39, 0.29) is 18.8 Å². The first-order valence-corrected chi connectivity index (χ1v) is 9.57. The van der Waals surface area contributed by atoms with Gasteiger partial charge in [0.1, 0.15) is 0 Å². The third kappa shape index (κ3) is 4.60. The number of carbonyl (C=O) groups excluding carboxylic acids is 1. The zero-order valence-electron chi connectivity index (χ0n) is 15.0. The highest BCUT2D eigenvalue weighted by atomic mass is 19.3. The van der Waals surface area contributed by atoms with Crippen molar-refractivity contribution in [3.8, 4) is 0 Å². The molecule has 2 fully saturated rings. The van der Waals surface area contributed by atoms with Gasteiger partial charge in [-0.1, -0.05) is 30.3 Å². The number of carbonyl (C=O) groups is 1. The van der Waals surface area contributed by atoms with Crippen molar-refractivity contribution >= 4 is 5.91 Å². The van der Waals surface area contributed by atoms with Gasteiger partial charge in [-0.15, -0.1) is 0 Å². The molecule has 0 unspecified atom stereocenters. The number of rotatable bonds is 5. The zero-order chi connectivity index (χ0) is 18.5. The Kier molecular flexibility index (Phi) is 6.59. The van der Waals surface area contributed by atoms with Gasteiger partial charge in [0.2, 0.25) is 0 Å². The van der Waals surface area contributed by atoms with Gasteiger partial charge in [-0.2, -0.15) is 8.78 Å². The molecule has 0 bridgehead atoms. The molecule has 26 heavy (non-hydrogen) atoms. The van der Waals surface area contributed by atoms with E-state index in [0.29, 0.717) is 18.9 Å². The van der Waals surface area contributed by atoms with Gasteiger partial charge in [-0.25, -0.2) is 0 Å². The Bertz CT molecular complexity index is 576. The third-order valence-electron chi connectivity index (χ3n) is 5.75. The summed E-state index contributed by atoms with van der Waals surface area (Å²) in [6.07, 6.45) is 2.56. The van der Waals surface area contributed by atoms with Crippen molar-refractivity contribution in [2.75, 3.05) is 13.2 Å². The Morgan fingerprint density at radius 3 is 2.50 bits per heavy atom. The average Bonchev–Trinajstić information content (AvgIpc) is 2.67. The van der Waals surface area contributed by atoms with Gasteiger partial charge < -0.3 is 15.4 Å². The van der Waals surface area contributed by atoms with E-state index in [1.807, 2.05) is 6.07 Å². The molecule has 0 aromatic heterocycles. The van der Waals surface area contributed by atoms with Crippen molar-refractivity contribution in [2.45, 2.75) is 69.1 Å². The number of hydrogen-bond donors (Lipinski definition) is 1. The van der Waals surface area contributed by atoms with Crippen molar-refractivity contribution in [3.63, 3.8) is 0 Å². The van der Waals surface area contributed by atoms with E-state index in [9.17, 15) is 13.6 Å². The summed E-state index contributed by atoms with van der Waals surface area (Å²) in [7, 11) is 0. The summed E-state index contributed by atoms with van der Waals surface area (Å²) in [5.74, 6) is -0.563. The van der Waals surface area contributed by atoms with E-state index in [4.69, 9.17) is 10.5 Å². The van der Waals surface area contributed by atoms with E-state index in [1.54, 1.807) is 0 Å². The number of likely N-dealkylation sites (tertiary alicyclic amines) is 1. The quantitative estimate of drug-likeness (QED) is 0.870. The van der Waals surface area contributed by atoms with Gasteiger partial charge in [0, 0.05) is 12.6 Å². The Labute approximate surface area is 153 Å². The van der Waals surface area contributed by atoms with E-state index in [0.717, 1.165) is 32.1 Å². The van der Waals surface area contributed by atoms with E-state index >= 15 is 0 Å². The van der Waals surface area contributed by atoms with Crippen LogP contribution in [0.1, 0.15) is 50.0 Å². The Morgan fingerprint density at radius 1 is 1.15 bits per heavy atom. The SMILES string of the molecule is N[C@H]1CCCN(C(=O)C(F)F)[C@H]1COC1CCC(c2ccccc2)CC1. The first-order chi connectivity index (χ1) is 12.6. The van der Waals surface area contributed by atoms with Crippen LogP contribution < -0.4 is 5.73 Å². The number of hydrogen-bond acceptors (Lipinski definition) is 3. The Hall–Kier alpha value is -1.53. The van der Waals surface area contributed by atoms with Gasteiger partial charge in [-0.3, -0.25) is 4.79 Å². The molecule has 1 amide bonds. The summed E-state index contributed by atoms with van der Waals surface area (Å²) in [6, 6.07) is 9.75. The highest BCUT2D eigenvalue weighted by molar-refractivity contribution is 5.79. The summed E-state index contributed by atoms with van der Waals surface area (Å²) in [5, 5.41) is 0. The molecule has 0 spiro atoms. The summed E-state index contributed by atoms with van der Waals surface area (Å²) < 4.78 is 31.7. The zero-order valence-corrected chi connectivity index (χ0v) is 15.0. The number of nitrogens with zero attached hydrogens (tertiary/aromatic N) is 1. The average molecular weight is 366 g/mol. The molecule has 1 heterocycles. The predicted molar refractivity (Wildman–Crippen MR) is 96.1 cm³/mol. The molecule has 144 valence electrons. The van der Waals surface area contributed by atoms with Crippen LogP contribution in [0, 0.1) is 0 Å². The Morgan fingerprint density at radius 2 is 1.85 bits per heavy atom. The second-order valence-electron chi connectivity index (χ2n) is 7.42. The number of benzene rings is 1. The standard InChI is InChI=1S/C20H28F2N2O2/c21-19(22)20(25)24-12-4-7-17(23)18(24)13-26-16-10-8-15(9-11-16)14-5-2-1-3-6-14/h1-3,5-6,15-19H,4,7-13,23H2/t15?,16?,17-,18-/m0/s1. The molecule has 3 rings (SSSR count). The van der Waals surface area contributed by atoms with Gasteiger partial charge >= 0.3 is 6.43 Å². The van der Waals surface area contributed by atoms with Crippen molar-refractivity contribution in [3.05, 3.63) is 35.9 Å². The van der Waals surface area contributed by atoms with E-state index in [1.165, 1.54) is 10.5 Å². The first-order valence-electron chi connectivity index (χ1n) is 9.57.